The maximum absolute atomic E-state index is 2.49. The van der Waals surface area contributed by atoms with Crippen LogP contribution in [0.3, 0.4) is 0 Å². The van der Waals surface area contributed by atoms with Crippen molar-refractivity contribution in [3.63, 3.8) is 0 Å². The molecule has 0 aromatic rings. The Bertz CT molecular complexity index is 133. The Morgan fingerprint density at radius 3 is 2.20 bits per heavy atom. The molecule has 0 nitrogen and oxygen atoms in total. The van der Waals surface area contributed by atoms with Crippen molar-refractivity contribution < 1.29 is 0 Å². The lowest BCUT2D eigenvalue weighted by Crippen LogP contribution is -2.07. The van der Waals surface area contributed by atoms with Crippen molar-refractivity contribution in [2.24, 2.45) is 11.8 Å². The number of hydrogen-bond acceptors (Lipinski definition) is 0. The Balaban J connectivity index is 1.90. The summed E-state index contributed by atoms with van der Waals surface area (Å²) >= 11 is 0. The zero-order chi connectivity index (χ0) is 10.9. The van der Waals surface area contributed by atoms with Gasteiger partial charge in [-0.1, -0.05) is 84.5 Å². The number of rotatable bonds is 8. The maximum Gasteiger partial charge on any atom is -0.0388 e. The topological polar surface area (TPSA) is 0 Å². The third-order valence-corrected chi connectivity index (χ3v) is 4.22. The molecule has 0 spiro atoms. The van der Waals surface area contributed by atoms with Crippen molar-refractivity contribution >= 4 is 0 Å². The first-order valence-corrected chi connectivity index (χ1v) is 7.34. The first-order chi connectivity index (χ1) is 7.34. The largest absolute Gasteiger partial charge is 0.0654 e. The molecule has 0 aromatic heterocycles. The van der Waals surface area contributed by atoms with E-state index in [0.717, 1.165) is 11.8 Å². The molecule has 1 saturated carbocycles. The van der Waals surface area contributed by atoms with Gasteiger partial charge in [-0.05, 0) is 11.8 Å². The second-order valence-electron chi connectivity index (χ2n) is 5.58. The SMILES string of the molecule is CCCCCCCCC(C)C1CCCC1. The van der Waals surface area contributed by atoms with Gasteiger partial charge in [-0.2, -0.15) is 0 Å². The van der Waals surface area contributed by atoms with Crippen molar-refractivity contribution in [3.8, 4) is 0 Å². The van der Waals surface area contributed by atoms with Crippen molar-refractivity contribution in [2.45, 2.75) is 84.5 Å². The molecule has 0 aliphatic heterocycles. The lowest BCUT2D eigenvalue weighted by atomic mass is 9.88. The predicted octanol–water partition coefficient (Wildman–Crippen LogP) is 5.56. The van der Waals surface area contributed by atoms with E-state index in [-0.39, 0.29) is 0 Å². The molecule has 1 unspecified atom stereocenters. The van der Waals surface area contributed by atoms with Gasteiger partial charge in [-0.25, -0.2) is 0 Å². The van der Waals surface area contributed by atoms with Gasteiger partial charge >= 0.3 is 0 Å². The third-order valence-electron chi connectivity index (χ3n) is 4.22. The van der Waals surface area contributed by atoms with Crippen LogP contribution in [-0.4, -0.2) is 0 Å². The molecule has 15 heavy (non-hydrogen) atoms. The fourth-order valence-electron chi connectivity index (χ4n) is 3.01. The fraction of sp³-hybridized carbons (Fsp3) is 1.00. The zero-order valence-electron chi connectivity index (χ0n) is 10.9. The molecule has 0 aromatic carbocycles. The molecule has 0 saturated heterocycles. The summed E-state index contributed by atoms with van der Waals surface area (Å²) in [6.45, 7) is 4.78. The van der Waals surface area contributed by atoms with Crippen LogP contribution in [0.2, 0.25) is 0 Å². The monoisotopic (exact) mass is 210 g/mol. The minimum atomic E-state index is 1.01. The molecule has 1 aliphatic carbocycles. The van der Waals surface area contributed by atoms with Gasteiger partial charge in [0.15, 0.2) is 0 Å². The highest BCUT2D eigenvalue weighted by Gasteiger charge is 2.20. The number of unbranched alkanes of at least 4 members (excludes halogenated alkanes) is 5. The quantitative estimate of drug-likeness (QED) is 0.460. The van der Waals surface area contributed by atoms with Gasteiger partial charge in [0, 0.05) is 0 Å². The lowest BCUT2D eigenvalue weighted by Gasteiger charge is -2.18. The van der Waals surface area contributed by atoms with Gasteiger partial charge in [0.1, 0.15) is 0 Å². The predicted molar refractivity (Wildman–Crippen MR) is 69.1 cm³/mol. The molecule has 1 atom stereocenters. The van der Waals surface area contributed by atoms with Gasteiger partial charge in [0.05, 0.1) is 0 Å². The third kappa shape index (κ3) is 5.58. The Morgan fingerprint density at radius 2 is 1.53 bits per heavy atom. The standard InChI is InChI=1S/C15H30/c1-3-4-5-6-7-8-11-14(2)15-12-9-10-13-15/h14-15H,3-13H2,1-2H3. The van der Waals surface area contributed by atoms with E-state index in [0.29, 0.717) is 0 Å². The second kappa shape index (κ2) is 8.19. The van der Waals surface area contributed by atoms with Crippen molar-refractivity contribution in [1.29, 1.82) is 0 Å². The fourth-order valence-corrected chi connectivity index (χ4v) is 3.01. The summed E-state index contributed by atoms with van der Waals surface area (Å²) in [4.78, 5) is 0. The van der Waals surface area contributed by atoms with E-state index in [1.807, 2.05) is 0 Å². The summed E-state index contributed by atoms with van der Waals surface area (Å²) in [6, 6.07) is 0. The van der Waals surface area contributed by atoms with E-state index < -0.39 is 0 Å². The summed E-state index contributed by atoms with van der Waals surface area (Å²) in [5.41, 5.74) is 0. The van der Waals surface area contributed by atoms with Gasteiger partial charge in [0.2, 0.25) is 0 Å². The van der Waals surface area contributed by atoms with Crippen LogP contribution in [0.5, 0.6) is 0 Å². The summed E-state index contributed by atoms with van der Waals surface area (Å²) in [6.07, 6.45) is 16.3. The minimum Gasteiger partial charge on any atom is -0.0654 e. The maximum atomic E-state index is 2.49. The molecule has 0 heterocycles. The summed E-state index contributed by atoms with van der Waals surface area (Å²) in [5, 5.41) is 0. The minimum absolute atomic E-state index is 1.01. The number of hydrogen-bond donors (Lipinski definition) is 0. The van der Waals surface area contributed by atoms with Gasteiger partial charge in [-0.15, -0.1) is 0 Å². The van der Waals surface area contributed by atoms with E-state index in [9.17, 15) is 0 Å². The summed E-state index contributed by atoms with van der Waals surface area (Å²) in [5.74, 6) is 2.10. The van der Waals surface area contributed by atoms with Gasteiger partial charge in [-0.3, -0.25) is 0 Å². The molecule has 0 radical (unpaired) electrons. The first-order valence-electron chi connectivity index (χ1n) is 7.34. The molecule has 0 amide bonds. The lowest BCUT2D eigenvalue weighted by molar-refractivity contribution is 0.333. The van der Waals surface area contributed by atoms with Crippen molar-refractivity contribution in [2.75, 3.05) is 0 Å². The van der Waals surface area contributed by atoms with E-state index in [1.54, 1.807) is 0 Å². The highest BCUT2D eigenvalue weighted by molar-refractivity contribution is 4.72. The Labute approximate surface area is 96.8 Å². The molecular weight excluding hydrogens is 180 g/mol. The molecule has 90 valence electrons. The van der Waals surface area contributed by atoms with Crippen LogP contribution in [0, 0.1) is 11.8 Å². The van der Waals surface area contributed by atoms with Crippen LogP contribution in [0.4, 0.5) is 0 Å². The Hall–Kier alpha value is 0. The molecule has 0 heteroatoms. The zero-order valence-corrected chi connectivity index (χ0v) is 10.9. The molecule has 1 rings (SSSR count). The smallest absolute Gasteiger partial charge is 0.0388 e. The molecule has 1 fully saturated rings. The van der Waals surface area contributed by atoms with Crippen molar-refractivity contribution in [3.05, 3.63) is 0 Å². The molecule has 0 N–H and O–H groups in total. The van der Waals surface area contributed by atoms with Crippen LogP contribution in [-0.2, 0) is 0 Å². The van der Waals surface area contributed by atoms with E-state index in [2.05, 4.69) is 13.8 Å². The molecular formula is C15H30. The van der Waals surface area contributed by atoms with E-state index in [1.165, 1.54) is 70.6 Å². The Morgan fingerprint density at radius 1 is 0.933 bits per heavy atom. The van der Waals surface area contributed by atoms with Gasteiger partial charge in [0.25, 0.3) is 0 Å². The first kappa shape index (κ1) is 13.1. The van der Waals surface area contributed by atoms with Crippen LogP contribution in [0.1, 0.15) is 84.5 Å². The molecule has 0 bridgehead atoms. The van der Waals surface area contributed by atoms with Crippen LogP contribution in [0.25, 0.3) is 0 Å². The highest BCUT2D eigenvalue weighted by atomic mass is 14.3. The average Bonchev–Trinajstić information content (AvgIpc) is 2.76. The Kier molecular flexibility index (Phi) is 7.13. The van der Waals surface area contributed by atoms with Gasteiger partial charge < -0.3 is 0 Å². The van der Waals surface area contributed by atoms with Crippen LogP contribution >= 0.6 is 0 Å². The molecule has 1 aliphatic rings. The highest BCUT2D eigenvalue weighted by Crippen LogP contribution is 2.33. The van der Waals surface area contributed by atoms with E-state index in [4.69, 9.17) is 0 Å². The van der Waals surface area contributed by atoms with Crippen molar-refractivity contribution in [1.82, 2.24) is 0 Å². The second-order valence-corrected chi connectivity index (χ2v) is 5.58. The summed E-state index contributed by atoms with van der Waals surface area (Å²) in [7, 11) is 0. The van der Waals surface area contributed by atoms with Crippen LogP contribution in [0.15, 0.2) is 0 Å². The summed E-state index contributed by atoms with van der Waals surface area (Å²) < 4.78 is 0. The van der Waals surface area contributed by atoms with E-state index >= 15 is 0 Å². The van der Waals surface area contributed by atoms with Crippen LogP contribution < -0.4 is 0 Å². The normalized spacial score (nSPS) is 19.6. The average molecular weight is 210 g/mol.